The number of aliphatic carboxylic acids is 1. The van der Waals surface area contributed by atoms with Gasteiger partial charge in [-0.05, 0) is 37.0 Å². The van der Waals surface area contributed by atoms with E-state index >= 15 is 0 Å². The summed E-state index contributed by atoms with van der Waals surface area (Å²) < 4.78 is 1.15. The summed E-state index contributed by atoms with van der Waals surface area (Å²) >= 11 is 1.66. The Morgan fingerprint density at radius 3 is 2.57 bits per heavy atom. The number of nitrogens with zero attached hydrogens (tertiary/aromatic N) is 1. The molecule has 0 aliphatic heterocycles. The smallest absolute Gasteiger partial charge is 0.303 e. The van der Waals surface area contributed by atoms with Crippen LogP contribution < -0.4 is 0 Å². The summed E-state index contributed by atoms with van der Waals surface area (Å²) in [5.74, 6) is -0.617. The lowest BCUT2D eigenvalue weighted by atomic mass is 9.91. The molecule has 1 heterocycles. The lowest BCUT2D eigenvalue weighted by Crippen LogP contribution is -2.06. The molecule has 0 bridgehead atoms. The van der Waals surface area contributed by atoms with Crippen LogP contribution in [0.25, 0.3) is 10.2 Å². The van der Waals surface area contributed by atoms with Crippen LogP contribution in [0.1, 0.15) is 62.9 Å². The second-order valence-electron chi connectivity index (χ2n) is 5.25. The second kappa shape index (κ2) is 8.78. The minimum Gasteiger partial charge on any atom is -0.481 e. The van der Waals surface area contributed by atoms with Crippen LogP contribution in [-0.2, 0) is 4.79 Å². The summed E-state index contributed by atoms with van der Waals surface area (Å²) in [6, 6.07) is 6.12. The predicted molar refractivity (Wildman–Crippen MR) is 90.2 cm³/mol. The molecule has 0 amide bonds. The normalized spacial score (nSPS) is 11.8. The van der Waals surface area contributed by atoms with Crippen LogP contribution in [-0.4, -0.2) is 16.1 Å². The van der Waals surface area contributed by atoms with E-state index in [9.17, 15) is 4.79 Å². The van der Waals surface area contributed by atoms with Crippen LogP contribution >= 0.6 is 11.3 Å². The van der Waals surface area contributed by atoms with Gasteiger partial charge in [0.2, 0.25) is 0 Å². The number of aromatic nitrogens is 1. The zero-order valence-electron chi connectivity index (χ0n) is 13.3. The first-order chi connectivity index (χ1) is 10.0. The summed E-state index contributed by atoms with van der Waals surface area (Å²) in [5.41, 5.74) is 2.13. The van der Waals surface area contributed by atoms with Crippen molar-refractivity contribution in [2.45, 2.75) is 59.3 Å². The standard InChI is InChI=1S/C14H17NO2S.C3H8/c1-3-4-10(8-14(16)17)11-5-6-12-13(7-11)18-9(2)15-12;1-3-2/h5-7,10H,3-4,8H2,1-2H3,(H,16,17);3H2,1-2H3/t10-;/m1./s1. The van der Waals surface area contributed by atoms with Crippen LogP contribution in [0.2, 0.25) is 0 Å². The zero-order chi connectivity index (χ0) is 15.8. The van der Waals surface area contributed by atoms with Gasteiger partial charge in [-0.1, -0.05) is 39.7 Å². The number of rotatable bonds is 5. The van der Waals surface area contributed by atoms with Gasteiger partial charge in [-0.3, -0.25) is 4.79 Å². The molecule has 3 nitrogen and oxygen atoms in total. The van der Waals surface area contributed by atoms with Crippen molar-refractivity contribution in [1.82, 2.24) is 4.98 Å². The van der Waals surface area contributed by atoms with Crippen molar-refractivity contribution < 1.29 is 9.90 Å². The fourth-order valence-electron chi connectivity index (χ4n) is 2.26. The van der Waals surface area contributed by atoms with E-state index < -0.39 is 5.97 Å². The van der Waals surface area contributed by atoms with E-state index in [0.29, 0.717) is 0 Å². The van der Waals surface area contributed by atoms with Crippen LogP contribution in [0, 0.1) is 6.92 Å². The predicted octanol–water partition coefficient (Wildman–Crippen LogP) is 5.38. The SMILES string of the molecule is CCC.CCC[C@H](CC(=O)O)c1ccc2nc(C)sc2c1. The fraction of sp³-hybridized carbons (Fsp3) is 0.529. The van der Waals surface area contributed by atoms with Gasteiger partial charge in [0.25, 0.3) is 0 Å². The molecule has 4 heteroatoms. The van der Waals surface area contributed by atoms with Crippen LogP contribution in [0.5, 0.6) is 0 Å². The lowest BCUT2D eigenvalue weighted by Gasteiger charge is -2.14. The Kier molecular flexibility index (Phi) is 7.37. The first-order valence-electron chi connectivity index (χ1n) is 7.60. The molecule has 0 saturated heterocycles. The number of carboxylic acid groups (broad SMARTS) is 1. The molecule has 0 unspecified atom stereocenters. The van der Waals surface area contributed by atoms with Crippen LogP contribution in [0.3, 0.4) is 0 Å². The molecule has 1 aromatic heterocycles. The average Bonchev–Trinajstić information content (AvgIpc) is 2.77. The number of benzene rings is 1. The quantitative estimate of drug-likeness (QED) is 0.806. The van der Waals surface area contributed by atoms with E-state index in [2.05, 4.69) is 31.8 Å². The second-order valence-corrected chi connectivity index (χ2v) is 6.49. The van der Waals surface area contributed by atoms with E-state index in [1.165, 1.54) is 6.42 Å². The number of aryl methyl sites for hydroxylation is 1. The van der Waals surface area contributed by atoms with E-state index in [-0.39, 0.29) is 12.3 Å². The summed E-state index contributed by atoms with van der Waals surface area (Å²) in [4.78, 5) is 15.3. The molecule has 0 radical (unpaired) electrons. The van der Waals surface area contributed by atoms with Crippen molar-refractivity contribution in [3.05, 3.63) is 28.8 Å². The summed E-state index contributed by atoms with van der Waals surface area (Å²) in [6.45, 7) is 8.33. The van der Waals surface area contributed by atoms with Gasteiger partial charge in [0.15, 0.2) is 0 Å². The third-order valence-corrected chi connectivity index (χ3v) is 3.98. The van der Waals surface area contributed by atoms with Crippen molar-refractivity contribution in [1.29, 1.82) is 0 Å². The molecule has 1 aromatic carbocycles. The molecule has 21 heavy (non-hydrogen) atoms. The third kappa shape index (κ3) is 5.46. The molecule has 116 valence electrons. The molecular weight excluding hydrogens is 282 g/mol. The number of carboxylic acids is 1. The number of hydrogen-bond acceptors (Lipinski definition) is 3. The minimum atomic E-state index is -0.728. The molecule has 1 N–H and O–H groups in total. The number of thiazole rings is 1. The molecule has 0 fully saturated rings. The maximum atomic E-state index is 10.9. The number of carbonyl (C=O) groups is 1. The highest BCUT2D eigenvalue weighted by molar-refractivity contribution is 7.18. The van der Waals surface area contributed by atoms with Gasteiger partial charge in [-0.15, -0.1) is 11.3 Å². The molecular formula is C17H25NO2S. The molecule has 2 rings (SSSR count). The Balaban J connectivity index is 0.000000677. The van der Waals surface area contributed by atoms with Crippen molar-refractivity contribution in [3.8, 4) is 0 Å². The maximum Gasteiger partial charge on any atom is 0.303 e. The van der Waals surface area contributed by atoms with Gasteiger partial charge >= 0.3 is 5.97 Å². The van der Waals surface area contributed by atoms with Gasteiger partial charge in [0.05, 0.1) is 21.6 Å². The molecule has 0 spiro atoms. The van der Waals surface area contributed by atoms with Gasteiger partial charge < -0.3 is 5.11 Å². The average molecular weight is 307 g/mol. The van der Waals surface area contributed by atoms with Gasteiger partial charge in [-0.25, -0.2) is 4.98 Å². The van der Waals surface area contributed by atoms with Crippen LogP contribution in [0.15, 0.2) is 18.2 Å². The highest BCUT2D eigenvalue weighted by Crippen LogP contribution is 2.30. The zero-order valence-corrected chi connectivity index (χ0v) is 14.2. The van der Waals surface area contributed by atoms with E-state index in [1.54, 1.807) is 11.3 Å². The Hall–Kier alpha value is -1.42. The number of hydrogen-bond donors (Lipinski definition) is 1. The molecule has 0 saturated carbocycles. The molecule has 0 aliphatic carbocycles. The van der Waals surface area contributed by atoms with Crippen molar-refractivity contribution in [2.24, 2.45) is 0 Å². The van der Waals surface area contributed by atoms with Gasteiger partial charge in [-0.2, -0.15) is 0 Å². The third-order valence-electron chi connectivity index (χ3n) is 3.05. The van der Waals surface area contributed by atoms with Crippen molar-refractivity contribution in [3.63, 3.8) is 0 Å². The minimum absolute atomic E-state index is 0.110. The first-order valence-corrected chi connectivity index (χ1v) is 8.42. The Morgan fingerprint density at radius 1 is 1.33 bits per heavy atom. The summed E-state index contributed by atoms with van der Waals surface area (Å²) in [5, 5.41) is 10.0. The Bertz CT molecular complexity index is 577. The highest BCUT2D eigenvalue weighted by Gasteiger charge is 2.15. The Labute approximate surface area is 131 Å². The summed E-state index contributed by atoms with van der Waals surface area (Å²) in [6.07, 6.45) is 3.37. The number of fused-ring (bicyclic) bond motifs is 1. The maximum absolute atomic E-state index is 10.9. The highest BCUT2D eigenvalue weighted by atomic mass is 32.1. The molecule has 2 aromatic rings. The van der Waals surface area contributed by atoms with E-state index in [1.807, 2.05) is 19.1 Å². The van der Waals surface area contributed by atoms with E-state index in [0.717, 1.165) is 33.6 Å². The topological polar surface area (TPSA) is 50.2 Å². The van der Waals surface area contributed by atoms with E-state index in [4.69, 9.17) is 5.11 Å². The van der Waals surface area contributed by atoms with Crippen molar-refractivity contribution in [2.75, 3.05) is 0 Å². The van der Waals surface area contributed by atoms with Gasteiger partial charge in [0.1, 0.15) is 0 Å². The fourth-order valence-corrected chi connectivity index (χ4v) is 3.13. The lowest BCUT2D eigenvalue weighted by molar-refractivity contribution is -0.137. The van der Waals surface area contributed by atoms with Crippen molar-refractivity contribution >= 4 is 27.5 Å². The van der Waals surface area contributed by atoms with Gasteiger partial charge in [0, 0.05) is 0 Å². The molecule has 1 atom stereocenters. The summed E-state index contributed by atoms with van der Waals surface area (Å²) in [7, 11) is 0. The Morgan fingerprint density at radius 2 is 2.00 bits per heavy atom. The molecule has 0 aliphatic rings. The largest absolute Gasteiger partial charge is 0.481 e. The monoisotopic (exact) mass is 307 g/mol. The van der Waals surface area contributed by atoms with Crippen LogP contribution in [0.4, 0.5) is 0 Å². The first kappa shape index (κ1) is 17.6.